The minimum atomic E-state index is 0.0770. The summed E-state index contributed by atoms with van der Waals surface area (Å²) in [6, 6.07) is 7.14. The lowest BCUT2D eigenvalue weighted by Crippen LogP contribution is -2.17. The van der Waals surface area contributed by atoms with Crippen LogP contribution in [0, 0.1) is 0 Å². The van der Waals surface area contributed by atoms with Gasteiger partial charge in [0.1, 0.15) is 11.9 Å². The number of nitrogens with zero attached hydrogens (tertiary/aromatic N) is 1. The fourth-order valence-corrected chi connectivity index (χ4v) is 1.58. The number of benzene rings is 1. The van der Waals surface area contributed by atoms with Gasteiger partial charge in [-0.25, -0.2) is 0 Å². The molecular formula is C11H14N2O3. The third-order valence-corrected chi connectivity index (χ3v) is 2.43. The van der Waals surface area contributed by atoms with E-state index in [1.165, 1.54) is 0 Å². The van der Waals surface area contributed by atoms with Crippen LogP contribution in [0.1, 0.15) is 12.0 Å². The number of ether oxygens (including phenoxy) is 2. The standard InChI is InChI=1S/C11H14N2O3/c12-11(13-14)8-2-1-3-9(6-8)16-10-4-5-15-7-10/h1-3,6,10,14H,4-5,7H2,(H2,12,13). The van der Waals surface area contributed by atoms with Crippen LogP contribution in [0.2, 0.25) is 0 Å². The Kier molecular flexibility index (Phi) is 3.26. The zero-order valence-electron chi connectivity index (χ0n) is 8.80. The monoisotopic (exact) mass is 222 g/mol. The van der Waals surface area contributed by atoms with Crippen molar-refractivity contribution in [3.63, 3.8) is 0 Å². The molecule has 16 heavy (non-hydrogen) atoms. The van der Waals surface area contributed by atoms with Crippen LogP contribution in [0.15, 0.2) is 29.4 Å². The number of rotatable bonds is 3. The van der Waals surface area contributed by atoms with Crippen molar-refractivity contribution in [2.45, 2.75) is 12.5 Å². The predicted molar refractivity (Wildman–Crippen MR) is 58.8 cm³/mol. The first-order valence-electron chi connectivity index (χ1n) is 5.12. The number of oxime groups is 1. The van der Waals surface area contributed by atoms with Crippen molar-refractivity contribution in [2.24, 2.45) is 10.9 Å². The van der Waals surface area contributed by atoms with Crippen molar-refractivity contribution < 1.29 is 14.7 Å². The van der Waals surface area contributed by atoms with E-state index < -0.39 is 0 Å². The normalized spacial score (nSPS) is 21.0. The van der Waals surface area contributed by atoms with Crippen LogP contribution >= 0.6 is 0 Å². The van der Waals surface area contributed by atoms with Gasteiger partial charge in [0.15, 0.2) is 5.84 Å². The van der Waals surface area contributed by atoms with Gasteiger partial charge in [-0.1, -0.05) is 17.3 Å². The van der Waals surface area contributed by atoms with E-state index >= 15 is 0 Å². The Bertz CT molecular complexity index is 387. The molecule has 86 valence electrons. The average Bonchev–Trinajstić information content (AvgIpc) is 2.81. The minimum absolute atomic E-state index is 0.0770. The Morgan fingerprint density at radius 2 is 2.44 bits per heavy atom. The lowest BCUT2D eigenvalue weighted by atomic mass is 10.2. The van der Waals surface area contributed by atoms with E-state index in [2.05, 4.69) is 5.16 Å². The lowest BCUT2D eigenvalue weighted by molar-refractivity contribution is 0.141. The van der Waals surface area contributed by atoms with Crippen molar-refractivity contribution in [1.82, 2.24) is 0 Å². The SMILES string of the molecule is NC(=NO)c1cccc(OC2CCOC2)c1. The van der Waals surface area contributed by atoms with E-state index in [0.29, 0.717) is 17.9 Å². The highest BCUT2D eigenvalue weighted by Crippen LogP contribution is 2.18. The van der Waals surface area contributed by atoms with Gasteiger partial charge in [-0.3, -0.25) is 0 Å². The summed E-state index contributed by atoms with van der Waals surface area (Å²) in [6.45, 7) is 1.36. The van der Waals surface area contributed by atoms with Gasteiger partial charge in [-0.2, -0.15) is 0 Å². The molecular weight excluding hydrogens is 208 g/mol. The summed E-state index contributed by atoms with van der Waals surface area (Å²) >= 11 is 0. The van der Waals surface area contributed by atoms with E-state index in [1.54, 1.807) is 18.2 Å². The molecule has 0 amide bonds. The van der Waals surface area contributed by atoms with Gasteiger partial charge in [-0.15, -0.1) is 0 Å². The summed E-state index contributed by atoms with van der Waals surface area (Å²) in [6.07, 6.45) is 0.996. The Labute approximate surface area is 93.5 Å². The largest absolute Gasteiger partial charge is 0.488 e. The molecule has 1 aromatic carbocycles. The van der Waals surface area contributed by atoms with Crippen LogP contribution in [0.25, 0.3) is 0 Å². The Morgan fingerprint density at radius 3 is 3.12 bits per heavy atom. The van der Waals surface area contributed by atoms with E-state index in [-0.39, 0.29) is 11.9 Å². The maximum absolute atomic E-state index is 8.57. The number of hydrogen-bond donors (Lipinski definition) is 2. The molecule has 1 aliphatic heterocycles. The second kappa shape index (κ2) is 4.85. The van der Waals surface area contributed by atoms with Crippen LogP contribution < -0.4 is 10.5 Å². The van der Waals surface area contributed by atoms with E-state index in [0.717, 1.165) is 13.0 Å². The predicted octanol–water partition coefficient (Wildman–Crippen LogP) is 0.949. The topological polar surface area (TPSA) is 77.1 Å². The van der Waals surface area contributed by atoms with Gasteiger partial charge < -0.3 is 20.4 Å². The highest BCUT2D eigenvalue weighted by atomic mass is 16.5. The lowest BCUT2D eigenvalue weighted by Gasteiger charge is -2.12. The summed E-state index contributed by atoms with van der Waals surface area (Å²) in [5.74, 6) is 0.785. The third kappa shape index (κ3) is 2.43. The van der Waals surface area contributed by atoms with Crippen LogP contribution in [-0.4, -0.2) is 30.4 Å². The first kappa shape index (κ1) is 10.8. The Morgan fingerprint density at radius 1 is 1.56 bits per heavy atom. The van der Waals surface area contributed by atoms with Crippen molar-refractivity contribution in [1.29, 1.82) is 0 Å². The van der Waals surface area contributed by atoms with E-state index in [1.807, 2.05) is 6.07 Å². The first-order valence-corrected chi connectivity index (χ1v) is 5.12. The number of nitrogens with two attached hydrogens (primary N) is 1. The molecule has 5 nitrogen and oxygen atoms in total. The average molecular weight is 222 g/mol. The minimum Gasteiger partial charge on any atom is -0.488 e. The van der Waals surface area contributed by atoms with Crippen LogP contribution in [-0.2, 0) is 4.74 Å². The quantitative estimate of drug-likeness (QED) is 0.345. The summed E-state index contributed by atoms with van der Waals surface area (Å²) in [5, 5.41) is 11.5. The fraction of sp³-hybridized carbons (Fsp3) is 0.364. The molecule has 0 radical (unpaired) electrons. The van der Waals surface area contributed by atoms with Crippen molar-refractivity contribution >= 4 is 5.84 Å². The van der Waals surface area contributed by atoms with Crippen molar-refractivity contribution in [2.75, 3.05) is 13.2 Å². The molecule has 0 bridgehead atoms. The molecule has 0 spiro atoms. The fourth-order valence-electron chi connectivity index (χ4n) is 1.58. The maximum atomic E-state index is 8.57. The van der Waals surface area contributed by atoms with E-state index in [9.17, 15) is 0 Å². The number of hydrogen-bond acceptors (Lipinski definition) is 4. The van der Waals surface area contributed by atoms with Gasteiger partial charge in [0.2, 0.25) is 0 Å². The van der Waals surface area contributed by atoms with E-state index in [4.69, 9.17) is 20.4 Å². The highest BCUT2D eigenvalue weighted by molar-refractivity contribution is 5.97. The molecule has 1 heterocycles. The number of amidine groups is 1. The summed E-state index contributed by atoms with van der Waals surface area (Å²) in [7, 11) is 0. The zero-order chi connectivity index (χ0) is 11.4. The van der Waals surface area contributed by atoms with Gasteiger partial charge in [0, 0.05) is 12.0 Å². The summed E-state index contributed by atoms with van der Waals surface area (Å²) in [5.41, 5.74) is 6.13. The van der Waals surface area contributed by atoms with Crippen LogP contribution in [0.4, 0.5) is 0 Å². The van der Waals surface area contributed by atoms with Crippen LogP contribution in [0.3, 0.4) is 0 Å². The second-order valence-corrected chi connectivity index (χ2v) is 3.62. The molecule has 3 N–H and O–H groups in total. The van der Waals surface area contributed by atoms with Gasteiger partial charge in [-0.05, 0) is 12.1 Å². The molecule has 5 heteroatoms. The molecule has 0 aliphatic carbocycles. The van der Waals surface area contributed by atoms with Gasteiger partial charge in [0.25, 0.3) is 0 Å². The third-order valence-electron chi connectivity index (χ3n) is 2.43. The maximum Gasteiger partial charge on any atom is 0.170 e. The molecule has 2 rings (SSSR count). The summed E-state index contributed by atoms with van der Waals surface area (Å²) < 4.78 is 10.9. The zero-order valence-corrected chi connectivity index (χ0v) is 8.80. The molecule has 1 aliphatic rings. The van der Waals surface area contributed by atoms with Crippen molar-refractivity contribution in [3.8, 4) is 5.75 Å². The first-order chi connectivity index (χ1) is 7.79. The van der Waals surface area contributed by atoms with Gasteiger partial charge >= 0.3 is 0 Å². The smallest absolute Gasteiger partial charge is 0.170 e. The molecule has 1 unspecified atom stereocenters. The second-order valence-electron chi connectivity index (χ2n) is 3.62. The Balaban J connectivity index is 2.09. The summed E-state index contributed by atoms with van der Waals surface area (Å²) in [4.78, 5) is 0. The molecule has 0 aromatic heterocycles. The van der Waals surface area contributed by atoms with Gasteiger partial charge in [0.05, 0.1) is 13.2 Å². The molecule has 1 atom stereocenters. The molecule has 1 fully saturated rings. The van der Waals surface area contributed by atoms with Crippen molar-refractivity contribution in [3.05, 3.63) is 29.8 Å². The molecule has 1 saturated heterocycles. The molecule has 1 aromatic rings. The highest BCUT2D eigenvalue weighted by Gasteiger charge is 2.17. The van der Waals surface area contributed by atoms with Crippen LogP contribution in [0.5, 0.6) is 5.75 Å². The molecule has 0 saturated carbocycles. The Hall–Kier alpha value is -1.75.